The molecule has 2 amide bonds. The Hall–Kier alpha value is -2.33. The van der Waals surface area contributed by atoms with Crippen molar-refractivity contribution in [1.29, 1.82) is 0 Å². The van der Waals surface area contributed by atoms with E-state index < -0.39 is 33.9 Å². The van der Waals surface area contributed by atoms with Crippen molar-refractivity contribution in [3.8, 4) is 0 Å². The Balaban J connectivity index is 2.53. The van der Waals surface area contributed by atoms with E-state index in [2.05, 4.69) is 10.6 Å². The SMILES string of the molecule is CC(C)(C)OC(=O)N[C@H](CNC(=O)OCc1ccccc1)COS(C)(=O)=O. The lowest BCUT2D eigenvalue weighted by atomic mass is 10.2. The van der Waals surface area contributed by atoms with Gasteiger partial charge in [0.15, 0.2) is 0 Å². The minimum absolute atomic E-state index is 0.0800. The topological polar surface area (TPSA) is 120 Å². The highest BCUT2D eigenvalue weighted by molar-refractivity contribution is 7.85. The van der Waals surface area contributed by atoms with Gasteiger partial charge in [-0.3, -0.25) is 4.18 Å². The Morgan fingerprint density at radius 1 is 1.11 bits per heavy atom. The first-order valence-electron chi connectivity index (χ1n) is 8.23. The molecule has 9 nitrogen and oxygen atoms in total. The average Bonchev–Trinajstić information content (AvgIpc) is 2.54. The Morgan fingerprint density at radius 3 is 2.30 bits per heavy atom. The molecule has 152 valence electrons. The molecule has 0 radical (unpaired) electrons. The molecule has 0 fully saturated rings. The minimum atomic E-state index is -3.71. The predicted molar refractivity (Wildman–Crippen MR) is 98.6 cm³/mol. The maximum Gasteiger partial charge on any atom is 0.408 e. The summed E-state index contributed by atoms with van der Waals surface area (Å²) in [7, 11) is -3.71. The molecule has 0 heterocycles. The highest BCUT2D eigenvalue weighted by Crippen LogP contribution is 2.07. The fourth-order valence-electron chi connectivity index (χ4n) is 1.81. The predicted octanol–water partition coefficient (Wildman–Crippen LogP) is 1.78. The molecule has 10 heteroatoms. The number of amides is 2. The van der Waals surface area contributed by atoms with Gasteiger partial charge in [-0.05, 0) is 26.3 Å². The van der Waals surface area contributed by atoms with E-state index in [9.17, 15) is 18.0 Å². The molecule has 0 aliphatic carbocycles. The van der Waals surface area contributed by atoms with Crippen LogP contribution in [0.2, 0.25) is 0 Å². The van der Waals surface area contributed by atoms with Crippen molar-refractivity contribution >= 4 is 22.3 Å². The number of hydrogen-bond acceptors (Lipinski definition) is 7. The second kappa shape index (κ2) is 10.1. The molecule has 1 aromatic rings. The maximum atomic E-state index is 11.9. The molecule has 0 saturated heterocycles. The summed E-state index contributed by atoms with van der Waals surface area (Å²) in [6.45, 7) is 4.67. The molecule has 1 rings (SSSR count). The van der Waals surface area contributed by atoms with Crippen molar-refractivity contribution in [1.82, 2.24) is 10.6 Å². The quantitative estimate of drug-likeness (QED) is 0.636. The largest absolute Gasteiger partial charge is 0.445 e. The van der Waals surface area contributed by atoms with Gasteiger partial charge in [0.25, 0.3) is 10.1 Å². The monoisotopic (exact) mass is 402 g/mol. The Kier molecular flexibility index (Phi) is 8.51. The maximum absolute atomic E-state index is 11.9. The molecular weight excluding hydrogens is 376 g/mol. The van der Waals surface area contributed by atoms with Crippen LogP contribution in [0.4, 0.5) is 9.59 Å². The number of alkyl carbamates (subject to hydrolysis) is 2. The van der Waals surface area contributed by atoms with Gasteiger partial charge < -0.3 is 20.1 Å². The normalized spacial score (nSPS) is 12.7. The van der Waals surface area contributed by atoms with Gasteiger partial charge >= 0.3 is 12.2 Å². The first-order chi connectivity index (χ1) is 12.4. The lowest BCUT2D eigenvalue weighted by molar-refractivity contribution is 0.0486. The van der Waals surface area contributed by atoms with E-state index in [0.29, 0.717) is 0 Å². The summed E-state index contributed by atoms with van der Waals surface area (Å²) in [5.74, 6) is 0. The first-order valence-corrected chi connectivity index (χ1v) is 10.0. The van der Waals surface area contributed by atoms with Crippen molar-refractivity contribution in [3.05, 3.63) is 35.9 Å². The van der Waals surface area contributed by atoms with Gasteiger partial charge in [-0.25, -0.2) is 9.59 Å². The second-order valence-electron chi connectivity index (χ2n) is 6.77. The van der Waals surface area contributed by atoms with Crippen LogP contribution in [0.5, 0.6) is 0 Å². The highest BCUT2D eigenvalue weighted by Gasteiger charge is 2.21. The smallest absolute Gasteiger partial charge is 0.408 e. The number of rotatable bonds is 8. The summed E-state index contributed by atoms with van der Waals surface area (Å²) in [4.78, 5) is 23.7. The van der Waals surface area contributed by atoms with Crippen LogP contribution in [0.15, 0.2) is 30.3 Å². The van der Waals surface area contributed by atoms with Crippen LogP contribution < -0.4 is 10.6 Å². The van der Waals surface area contributed by atoms with Crippen LogP contribution in [-0.2, 0) is 30.4 Å². The van der Waals surface area contributed by atoms with E-state index in [1.54, 1.807) is 32.9 Å². The molecule has 0 aliphatic heterocycles. The van der Waals surface area contributed by atoms with E-state index in [1.807, 2.05) is 18.2 Å². The van der Waals surface area contributed by atoms with Crippen LogP contribution in [0.1, 0.15) is 26.3 Å². The Morgan fingerprint density at radius 2 is 1.74 bits per heavy atom. The van der Waals surface area contributed by atoms with Crippen molar-refractivity contribution in [3.63, 3.8) is 0 Å². The van der Waals surface area contributed by atoms with Crippen LogP contribution in [0, 0.1) is 0 Å². The van der Waals surface area contributed by atoms with Crippen molar-refractivity contribution in [2.45, 2.75) is 39.0 Å². The summed E-state index contributed by atoms with van der Waals surface area (Å²) >= 11 is 0. The number of benzene rings is 1. The number of carbonyl (C=O) groups excluding carboxylic acids is 2. The third-order valence-electron chi connectivity index (χ3n) is 2.91. The van der Waals surface area contributed by atoms with E-state index in [0.717, 1.165) is 11.8 Å². The number of carbonyl (C=O) groups is 2. The molecule has 0 aliphatic rings. The minimum Gasteiger partial charge on any atom is -0.445 e. The van der Waals surface area contributed by atoms with Gasteiger partial charge in [-0.15, -0.1) is 0 Å². The molecule has 0 unspecified atom stereocenters. The third kappa shape index (κ3) is 11.8. The molecular formula is C17H26N2O7S. The van der Waals surface area contributed by atoms with E-state index in [-0.39, 0.29) is 19.8 Å². The summed E-state index contributed by atoms with van der Waals surface area (Å²) < 4.78 is 37.2. The lowest BCUT2D eigenvalue weighted by Gasteiger charge is -2.23. The summed E-state index contributed by atoms with van der Waals surface area (Å²) in [5.41, 5.74) is 0.0884. The average molecular weight is 402 g/mol. The molecule has 1 atom stereocenters. The molecule has 0 aromatic heterocycles. The molecule has 27 heavy (non-hydrogen) atoms. The van der Waals surface area contributed by atoms with Crippen LogP contribution >= 0.6 is 0 Å². The fourth-order valence-corrected chi connectivity index (χ4v) is 2.22. The molecule has 1 aromatic carbocycles. The number of nitrogens with one attached hydrogen (secondary N) is 2. The Bertz CT molecular complexity index is 715. The number of hydrogen-bond donors (Lipinski definition) is 2. The van der Waals surface area contributed by atoms with Gasteiger partial charge in [0.05, 0.1) is 18.9 Å². The number of ether oxygens (including phenoxy) is 2. The van der Waals surface area contributed by atoms with Gasteiger partial charge in [0.2, 0.25) is 0 Å². The molecule has 2 N–H and O–H groups in total. The van der Waals surface area contributed by atoms with E-state index in [1.165, 1.54) is 0 Å². The standard InChI is InChI=1S/C17H26N2O7S/c1-17(2,3)26-16(21)19-14(12-25-27(4,22)23)10-18-15(20)24-11-13-8-6-5-7-9-13/h5-9,14H,10-12H2,1-4H3,(H,18,20)(H,19,21)/t14-/m1/s1. The lowest BCUT2D eigenvalue weighted by Crippen LogP contribution is -2.48. The summed E-state index contributed by atoms with van der Waals surface area (Å²) in [6.07, 6.45) is -0.586. The summed E-state index contributed by atoms with van der Waals surface area (Å²) in [5, 5.41) is 4.91. The first kappa shape index (κ1) is 22.7. The highest BCUT2D eigenvalue weighted by atomic mass is 32.2. The zero-order chi connectivity index (χ0) is 20.5. The zero-order valence-electron chi connectivity index (χ0n) is 15.9. The van der Waals surface area contributed by atoms with Crippen LogP contribution in [-0.4, -0.2) is 51.7 Å². The zero-order valence-corrected chi connectivity index (χ0v) is 16.7. The molecule has 0 saturated carbocycles. The van der Waals surface area contributed by atoms with E-state index in [4.69, 9.17) is 13.7 Å². The van der Waals surface area contributed by atoms with Gasteiger partial charge in [-0.1, -0.05) is 30.3 Å². The summed E-state index contributed by atoms with van der Waals surface area (Å²) in [6, 6.07) is 8.26. The van der Waals surface area contributed by atoms with Crippen molar-refractivity contribution in [2.75, 3.05) is 19.4 Å². The van der Waals surface area contributed by atoms with Crippen molar-refractivity contribution < 1.29 is 31.7 Å². The molecule has 0 spiro atoms. The third-order valence-corrected chi connectivity index (χ3v) is 3.47. The van der Waals surface area contributed by atoms with Gasteiger partial charge in [-0.2, -0.15) is 8.42 Å². The second-order valence-corrected chi connectivity index (χ2v) is 8.42. The van der Waals surface area contributed by atoms with Gasteiger partial charge in [0, 0.05) is 6.54 Å². The Labute approximate surface area is 159 Å². The van der Waals surface area contributed by atoms with Crippen molar-refractivity contribution in [2.24, 2.45) is 0 Å². The van der Waals surface area contributed by atoms with Crippen LogP contribution in [0.25, 0.3) is 0 Å². The fraction of sp³-hybridized carbons (Fsp3) is 0.529. The molecule has 0 bridgehead atoms. The van der Waals surface area contributed by atoms with Gasteiger partial charge in [0.1, 0.15) is 12.2 Å². The van der Waals surface area contributed by atoms with Crippen LogP contribution in [0.3, 0.4) is 0 Å². The van der Waals surface area contributed by atoms with E-state index >= 15 is 0 Å².